The summed E-state index contributed by atoms with van der Waals surface area (Å²) in [6, 6.07) is 31.0. The maximum Gasteiger partial charge on any atom is 0.274 e. The lowest BCUT2D eigenvalue weighted by Crippen LogP contribution is -2.59. The molecule has 7 aromatic carbocycles. The molecule has 0 unspecified atom stereocenters. The first-order valence-corrected chi connectivity index (χ1v) is 48.0. The van der Waals surface area contributed by atoms with Gasteiger partial charge in [-0.2, -0.15) is 28.4 Å². The number of hydrogen-bond acceptors (Lipinski definition) is 18. The number of pyridine rings is 3. The fraction of sp³-hybridized carbons (Fsp3) is 0.312. The number of carbonyl (C=O) groups is 4. The normalized spacial score (nSPS) is 17.2. The Hall–Kier alpha value is -13.3. The lowest BCUT2D eigenvalue weighted by molar-refractivity contribution is -0.125. The molecule has 3 saturated heterocycles. The van der Waals surface area contributed by atoms with E-state index in [1.54, 1.807) is 66.7 Å². The van der Waals surface area contributed by atoms with E-state index in [2.05, 4.69) is 31.3 Å². The molecule has 3 atom stereocenters. The van der Waals surface area contributed by atoms with Crippen LogP contribution >= 0.6 is 0 Å². The number of aromatic amines is 1. The van der Waals surface area contributed by atoms with Gasteiger partial charge in [0.15, 0.2) is 56.3 Å². The van der Waals surface area contributed by atoms with Gasteiger partial charge in [-0.05, 0) is 203 Å². The van der Waals surface area contributed by atoms with Crippen molar-refractivity contribution in [3.05, 3.63) is 299 Å². The van der Waals surface area contributed by atoms with Crippen molar-refractivity contribution in [2.45, 2.75) is 175 Å². The molecule has 18 rings (SSSR count). The molecule has 706 valence electrons. The molecule has 2 saturated carbocycles. The quantitative estimate of drug-likeness (QED) is 0.0516. The molecule has 40 heteroatoms. The molecule has 6 aliphatic rings. The number of amides is 4. The monoisotopic (exact) mass is 1930 g/mol. The van der Waals surface area contributed by atoms with E-state index < -0.39 is 156 Å². The lowest BCUT2D eigenvalue weighted by atomic mass is 9.84. The topological polar surface area (TPSA) is 336 Å². The van der Waals surface area contributed by atoms with Crippen LogP contribution in [0, 0.1) is 90.3 Å². The zero-order valence-corrected chi connectivity index (χ0v) is 76.2. The number of fused-ring (bicyclic) bond motifs is 3. The summed E-state index contributed by atoms with van der Waals surface area (Å²) in [5.74, 6) is -18.2. The third-order valence-corrected chi connectivity index (χ3v) is 31.8. The van der Waals surface area contributed by atoms with Crippen molar-refractivity contribution in [2.75, 3.05) is 41.4 Å². The Balaban J connectivity index is 0.000000148. The Kier molecular flexibility index (Phi) is 27.3. The number of nitrogens with zero attached hydrogens (tertiary/aromatic N) is 14. The summed E-state index contributed by atoms with van der Waals surface area (Å²) >= 11 is 0. The van der Waals surface area contributed by atoms with Crippen LogP contribution in [0.3, 0.4) is 0 Å². The summed E-state index contributed by atoms with van der Waals surface area (Å²) in [6.07, 6.45) is 19.4. The second-order valence-corrected chi connectivity index (χ2v) is 39.9. The van der Waals surface area contributed by atoms with Crippen LogP contribution in [0.25, 0.3) is 32.7 Å². The zero-order valence-electron chi connectivity index (χ0n) is 73.7. The molecule has 4 amide bonds. The SMILES string of the molecule is Cc1c(F)c(F)c(S(=O)(=O)N2CC[C@@H]2C(=O)N(Cc2cc(C3CCCCC3)ccn2)c2ccc3c(=O)[nH]ncc3c2)c(F)c1F.Cc1c(F)c(F)c(S(=O)(=O)N2CC[C@@H]2C(=O)N(Cc2ccc(-c3ccc(F)cc3)cn2)c2ccc3c(=O)n(C)ncc3c2)c(F)c1F.Cc1c(F)cc(S(=O)(=O)N2CC[C@@H]2C(=O)N(Cc2ccc(C3CCCCC3)cn2)c2ccc3c(c2)CN(C)C3=O)cc1C#N. The number of H-pyrrole nitrogens is 1. The number of aryl methyl sites for hydroxylation is 1. The summed E-state index contributed by atoms with van der Waals surface area (Å²) < 4.78 is 229. The number of carbonyl (C=O) groups excluding carboxylic acids is 4. The lowest BCUT2D eigenvalue weighted by Gasteiger charge is -2.41. The third-order valence-electron chi connectivity index (χ3n) is 26.0. The molecule has 0 spiro atoms. The minimum atomic E-state index is -5.23. The molecule has 9 heterocycles. The number of nitrogens with one attached hydrogen (secondary N) is 1. The number of rotatable bonds is 21. The molecule has 5 aromatic heterocycles. The number of nitriles is 1. The Morgan fingerprint density at radius 2 is 0.934 bits per heavy atom. The van der Waals surface area contributed by atoms with Crippen molar-refractivity contribution in [3.8, 4) is 17.2 Å². The van der Waals surface area contributed by atoms with Gasteiger partial charge in [0.1, 0.15) is 29.8 Å². The Morgan fingerprint density at radius 1 is 0.463 bits per heavy atom. The average Bonchev–Trinajstić information content (AvgIpc) is 0.807. The van der Waals surface area contributed by atoms with Gasteiger partial charge in [-0.15, -0.1) is 0 Å². The van der Waals surface area contributed by atoms with Gasteiger partial charge in [0.05, 0.1) is 76.4 Å². The van der Waals surface area contributed by atoms with Crippen LogP contribution in [0.5, 0.6) is 0 Å². The van der Waals surface area contributed by atoms with Gasteiger partial charge in [-0.25, -0.2) is 78.9 Å². The van der Waals surface area contributed by atoms with E-state index in [1.807, 2.05) is 30.5 Å². The second kappa shape index (κ2) is 38.8. The molecule has 27 nitrogen and oxygen atoms in total. The molecule has 12 aromatic rings. The van der Waals surface area contributed by atoms with Crippen LogP contribution < -0.4 is 25.8 Å². The number of halogens is 10. The van der Waals surface area contributed by atoms with E-state index in [0.29, 0.717) is 93.7 Å². The molecule has 4 aliphatic heterocycles. The first kappa shape index (κ1) is 95.8. The Bertz CT molecular complexity index is 7300. The van der Waals surface area contributed by atoms with Crippen molar-refractivity contribution in [1.29, 1.82) is 5.26 Å². The van der Waals surface area contributed by atoms with Gasteiger partial charge < -0.3 is 19.6 Å². The van der Waals surface area contributed by atoms with Crippen molar-refractivity contribution >= 4 is 92.3 Å². The van der Waals surface area contributed by atoms with Crippen LogP contribution in [0.4, 0.5) is 61.0 Å². The second-order valence-electron chi connectivity index (χ2n) is 34.3. The highest BCUT2D eigenvalue weighted by molar-refractivity contribution is 7.89. The van der Waals surface area contributed by atoms with Crippen LogP contribution in [-0.4, -0.2) is 146 Å². The van der Waals surface area contributed by atoms with E-state index in [4.69, 9.17) is 4.98 Å². The predicted molar refractivity (Wildman–Crippen MR) is 480 cm³/mol. The third kappa shape index (κ3) is 18.5. The van der Waals surface area contributed by atoms with Crippen LogP contribution in [0.1, 0.15) is 162 Å². The zero-order chi connectivity index (χ0) is 97.0. The summed E-state index contributed by atoms with van der Waals surface area (Å²) in [5, 5.41) is 20.9. The van der Waals surface area contributed by atoms with E-state index >= 15 is 0 Å². The maximum atomic E-state index is 14.8. The first-order valence-electron chi connectivity index (χ1n) is 43.6. The molecule has 0 radical (unpaired) electrons. The largest absolute Gasteiger partial charge is 0.337 e. The molecular formula is C96H87F10N15O12S3. The highest BCUT2D eigenvalue weighted by Crippen LogP contribution is 2.42. The summed E-state index contributed by atoms with van der Waals surface area (Å²) in [6.45, 7) is 2.57. The summed E-state index contributed by atoms with van der Waals surface area (Å²) in [7, 11) is -11.5. The van der Waals surface area contributed by atoms with E-state index in [0.717, 1.165) is 84.6 Å². The molecule has 2 aliphatic carbocycles. The van der Waals surface area contributed by atoms with Gasteiger partial charge in [0, 0.05) is 115 Å². The van der Waals surface area contributed by atoms with E-state index in [1.165, 1.54) is 121 Å². The van der Waals surface area contributed by atoms with Gasteiger partial charge in [0.2, 0.25) is 47.8 Å². The molecule has 1 N–H and O–H groups in total. The number of sulfonamides is 3. The number of anilines is 3. The van der Waals surface area contributed by atoms with Gasteiger partial charge in [0.25, 0.3) is 17.0 Å². The molecule has 136 heavy (non-hydrogen) atoms. The van der Waals surface area contributed by atoms with Crippen LogP contribution in [0.15, 0.2) is 183 Å². The Labute approximate surface area is 773 Å². The highest BCUT2D eigenvalue weighted by Gasteiger charge is 2.51. The summed E-state index contributed by atoms with van der Waals surface area (Å²) in [4.78, 5) is 95.0. The molecular weight excluding hydrogens is 1840 g/mol. The smallest absolute Gasteiger partial charge is 0.274 e. The maximum absolute atomic E-state index is 14.8. The van der Waals surface area contributed by atoms with Crippen molar-refractivity contribution in [1.82, 2.24) is 52.7 Å². The van der Waals surface area contributed by atoms with Crippen molar-refractivity contribution in [3.63, 3.8) is 0 Å². The number of benzene rings is 7. The minimum absolute atomic E-state index is 0.0149. The fourth-order valence-corrected chi connectivity index (χ4v) is 23.0. The van der Waals surface area contributed by atoms with Crippen LogP contribution in [-0.2, 0) is 77.7 Å². The Morgan fingerprint density at radius 3 is 1.43 bits per heavy atom. The van der Waals surface area contributed by atoms with Gasteiger partial charge >= 0.3 is 0 Å². The first-order chi connectivity index (χ1) is 64.9. The predicted octanol–water partition coefficient (Wildman–Crippen LogP) is 15.3. The number of hydrogen-bond donors (Lipinski definition) is 1. The van der Waals surface area contributed by atoms with Gasteiger partial charge in [-0.1, -0.05) is 62.8 Å². The van der Waals surface area contributed by atoms with Gasteiger partial charge in [-0.3, -0.25) is 43.7 Å². The summed E-state index contributed by atoms with van der Waals surface area (Å²) in [5.41, 5.74) is 4.62. The fourth-order valence-electron chi connectivity index (χ4n) is 17.9. The highest BCUT2D eigenvalue weighted by atomic mass is 32.2. The standard InChI is InChI=1S/C33H34FN5O4S.C32H24F5N5O4S.C31H29F4N5O4S/c1-21-24(17-35)15-28(16-30(21)34)44(42,43)39-13-12-31(39)33(41)38(27-10-11-29-25(14-27)19-37(2)32(29)40)20-26-9-8-23(18-36-26)22-6-4-3-5-7-22;1-17-26(34)28(36)30(29(37)27(17)35)47(45,46)42-12-11-25(42)32(44)41(23-9-10-24-20(13-23)15-39-40(2)31(24)43)16-22-8-5-19(14-38-22)18-3-6-21(33)7-4-18;1-17-25(32)27(34)29(28(35)26(17)33)45(43,44)40-12-10-24(40)31(42)39(22-7-8-23-20(14-22)15-37-38-30(23)41)16-21-13-19(9-11-36-21)18-5-3-2-4-6-18/h8-11,14-16,18,22,31H,3-7,12-13,19-20H2,1-2H3;3-10,13-15,25H,11-12,16H2,1-2H3;7-9,11,13-15,18,24H,2-6,10,12,16H2,1H3,(H,38,41)/t31-;25-;24-/m111/s1. The van der Waals surface area contributed by atoms with E-state index in [9.17, 15) is 103 Å². The van der Waals surface area contributed by atoms with Crippen molar-refractivity contribution < 1.29 is 88.3 Å². The minimum Gasteiger partial charge on any atom is -0.337 e. The average molecular weight is 1930 g/mol. The molecule has 5 fully saturated rings. The van der Waals surface area contributed by atoms with Crippen LogP contribution in [0.2, 0.25) is 0 Å². The van der Waals surface area contributed by atoms with Crippen molar-refractivity contribution in [2.24, 2.45) is 7.05 Å². The molecule has 0 bridgehead atoms. The number of aromatic nitrogens is 7. The van der Waals surface area contributed by atoms with E-state index in [-0.39, 0.29) is 86.1 Å².